The molecule has 2 aliphatic rings. The lowest BCUT2D eigenvalue weighted by Gasteiger charge is -2.41. The van der Waals surface area contributed by atoms with Crippen LogP contribution in [0.3, 0.4) is 0 Å². The van der Waals surface area contributed by atoms with E-state index in [0.717, 1.165) is 25.9 Å². The highest BCUT2D eigenvalue weighted by Crippen LogP contribution is 2.38. The fourth-order valence-corrected chi connectivity index (χ4v) is 3.74. The molecule has 1 aliphatic heterocycles. The van der Waals surface area contributed by atoms with Crippen LogP contribution < -0.4 is 5.32 Å². The van der Waals surface area contributed by atoms with Crippen molar-refractivity contribution in [2.75, 3.05) is 13.1 Å². The van der Waals surface area contributed by atoms with Crippen LogP contribution in [0.15, 0.2) is 0 Å². The first-order chi connectivity index (χ1) is 9.53. The van der Waals surface area contributed by atoms with Crippen molar-refractivity contribution in [1.82, 2.24) is 10.2 Å². The first-order valence-electron chi connectivity index (χ1n) is 8.57. The molecule has 0 aromatic rings. The molecule has 0 aromatic heterocycles. The number of nitrogens with zero attached hydrogens (tertiary/aromatic N) is 1. The Hall–Kier alpha value is -0.570. The molecule has 0 bridgehead atoms. The number of hydrogen-bond donors (Lipinski definition) is 1. The second-order valence-electron chi connectivity index (χ2n) is 7.32. The van der Waals surface area contributed by atoms with Crippen molar-refractivity contribution in [3.05, 3.63) is 0 Å². The zero-order valence-electron chi connectivity index (χ0n) is 13.6. The number of amides is 1. The minimum absolute atomic E-state index is 0.100. The predicted octanol–water partition coefficient (Wildman–Crippen LogP) is 3.34. The molecule has 0 radical (unpaired) electrons. The number of piperidine rings is 1. The Morgan fingerprint density at radius 2 is 1.90 bits per heavy atom. The maximum absolute atomic E-state index is 13.0. The van der Waals surface area contributed by atoms with Crippen LogP contribution in [-0.2, 0) is 4.79 Å². The van der Waals surface area contributed by atoms with Gasteiger partial charge < -0.3 is 10.2 Å². The molecule has 0 aromatic carbocycles. The minimum Gasteiger partial charge on any atom is -0.338 e. The second kappa shape index (κ2) is 6.93. The van der Waals surface area contributed by atoms with Crippen LogP contribution in [0.4, 0.5) is 0 Å². The van der Waals surface area contributed by atoms with E-state index in [2.05, 4.69) is 31.0 Å². The minimum atomic E-state index is -0.100. The molecule has 1 unspecified atom stereocenters. The van der Waals surface area contributed by atoms with Gasteiger partial charge in [-0.3, -0.25) is 4.79 Å². The molecular formula is C17H32N2O. The summed E-state index contributed by atoms with van der Waals surface area (Å²) in [5, 5.41) is 3.58. The lowest BCUT2D eigenvalue weighted by molar-refractivity contribution is -0.145. The van der Waals surface area contributed by atoms with Gasteiger partial charge in [0.15, 0.2) is 0 Å². The zero-order chi connectivity index (χ0) is 14.6. The summed E-state index contributed by atoms with van der Waals surface area (Å²) in [6.45, 7) is 8.52. The summed E-state index contributed by atoms with van der Waals surface area (Å²) in [4.78, 5) is 15.2. The Bertz CT molecular complexity index is 315. The number of carbonyl (C=O) groups is 1. The molecule has 1 heterocycles. The van der Waals surface area contributed by atoms with Crippen molar-refractivity contribution in [3.8, 4) is 0 Å². The Morgan fingerprint density at radius 3 is 2.45 bits per heavy atom. The normalized spacial score (nSPS) is 26.5. The SMILES string of the molecule is CC(C)N(CC1CCCCN1)C(=O)C1(C)CCCCC1. The van der Waals surface area contributed by atoms with Crippen molar-refractivity contribution in [1.29, 1.82) is 0 Å². The lowest BCUT2D eigenvalue weighted by Crippen LogP contribution is -2.52. The van der Waals surface area contributed by atoms with Crippen LogP contribution in [0.2, 0.25) is 0 Å². The molecule has 3 heteroatoms. The van der Waals surface area contributed by atoms with Gasteiger partial charge in [-0.15, -0.1) is 0 Å². The van der Waals surface area contributed by atoms with Gasteiger partial charge >= 0.3 is 0 Å². The van der Waals surface area contributed by atoms with Gasteiger partial charge in [-0.25, -0.2) is 0 Å². The highest BCUT2D eigenvalue weighted by Gasteiger charge is 2.38. The molecule has 1 saturated heterocycles. The van der Waals surface area contributed by atoms with E-state index in [0.29, 0.717) is 18.0 Å². The highest BCUT2D eigenvalue weighted by atomic mass is 16.2. The average Bonchev–Trinajstić information content (AvgIpc) is 2.45. The van der Waals surface area contributed by atoms with Crippen LogP contribution >= 0.6 is 0 Å². The molecule has 1 saturated carbocycles. The van der Waals surface area contributed by atoms with E-state index < -0.39 is 0 Å². The summed E-state index contributed by atoms with van der Waals surface area (Å²) >= 11 is 0. The van der Waals surface area contributed by atoms with Gasteiger partial charge in [0, 0.05) is 24.0 Å². The molecule has 20 heavy (non-hydrogen) atoms. The summed E-state index contributed by atoms with van der Waals surface area (Å²) in [6, 6.07) is 0.812. The topological polar surface area (TPSA) is 32.3 Å². The molecule has 1 aliphatic carbocycles. The monoisotopic (exact) mass is 280 g/mol. The van der Waals surface area contributed by atoms with Crippen molar-refractivity contribution >= 4 is 5.91 Å². The Labute approximate surface area is 124 Å². The first kappa shape index (κ1) is 15.8. The molecule has 1 amide bonds. The van der Waals surface area contributed by atoms with E-state index in [1.54, 1.807) is 0 Å². The summed E-state index contributed by atoms with van der Waals surface area (Å²) in [5.74, 6) is 0.402. The fourth-order valence-electron chi connectivity index (χ4n) is 3.74. The van der Waals surface area contributed by atoms with E-state index in [1.807, 2.05) is 0 Å². The smallest absolute Gasteiger partial charge is 0.228 e. The Kier molecular flexibility index (Phi) is 5.48. The third kappa shape index (κ3) is 3.75. The third-order valence-corrected chi connectivity index (χ3v) is 5.19. The van der Waals surface area contributed by atoms with Gasteiger partial charge in [0.25, 0.3) is 0 Å². The van der Waals surface area contributed by atoms with E-state index in [9.17, 15) is 4.79 Å². The van der Waals surface area contributed by atoms with Gasteiger partial charge in [0.05, 0.1) is 0 Å². The van der Waals surface area contributed by atoms with Crippen molar-refractivity contribution in [2.24, 2.45) is 5.41 Å². The molecule has 1 N–H and O–H groups in total. The fraction of sp³-hybridized carbons (Fsp3) is 0.941. The van der Waals surface area contributed by atoms with E-state index >= 15 is 0 Å². The summed E-state index contributed by atoms with van der Waals surface area (Å²) in [7, 11) is 0. The van der Waals surface area contributed by atoms with E-state index in [1.165, 1.54) is 38.5 Å². The van der Waals surface area contributed by atoms with Crippen LogP contribution in [0, 0.1) is 5.41 Å². The predicted molar refractivity (Wildman–Crippen MR) is 83.7 cm³/mol. The van der Waals surface area contributed by atoms with E-state index in [4.69, 9.17) is 0 Å². The molecule has 2 fully saturated rings. The van der Waals surface area contributed by atoms with Gasteiger partial charge in [0.2, 0.25) is 5.91 Å². The third-order valence-electron chi connectivity index (χ3n) is 5.19. The van der Waals surface area contributed by atoms with Crippen LogP contribution in [0.25, 0.3) is 0 Å². The number of carbonyl (C=O) groups excluding carboxylic acids is 1. The zero-order valence-corrected chi connectivity index (χ0v) is 13.6. The van der Waals surface area contributed by atoms with Crippen LogP contribution in [-0.4, -0.2) is 36.0 Å². The Morgan fingerprint density at radius 1 is 1.20 bits per heavy atom. The number of hydrogen-bond acceptors (Lipinski definition) is 2. The first-order valence-corrected chi connectivity index (χ1v) is 8.57. The maximum Gasteiger partial charge on any atom is 0.228 e. The lowest BCUT2D eigenvalue weighted by atomic mass is 9.74. The Balaban J connectivity index is 2.01. The highest BCUT2D eigenvalue weighted by molar-refractivity contribution is 5.82. The summed E-state index contributed by atoms with van der Waals surface area (Å²) in [5.41, 5.74) is -0.100. The van der Waals surface area contributed by atoms with Crippen LogP contribution in [0.1, 0.15) is 72.1 Å². The van der Waals surface area contributed by atoms with Crippen molar-refractivity contribution in [2.45, 2.75) is 84.2 Å². The molecule has 0 spiro atoms. The largest absolute Gasteiger partial charge is 0.338 e. The van der Waals surface area contributed by atoms with Gasteiger partial charge in [-0.2, -0.15) is 0 Å². The summed E-state index contributed by atoms with van der Waals surface area (Å²) in [6.07, 6.45) is 9.69. The van der Waals surface area contributed by atoms with Crippen molar-refractivity contribution < 1.29 is 4.79 Å². The molecule has 1 atom stereocenters. The number of rotatable bonds is 4. The molecule has 116 valence electrons. The number of nitrogens with one attached hydrogen (secondary N) is 1. The van der Waals surface area contributed by atoms with Crippen LogP contribution in [0.5, 0.6) is 0 Å². The van der Waals surface area contributed by atoms with Gasteiger partial charge in [-0.05, 0) is 46.1 Å². The van der Waals surface area contributed by atoms with Gasteiger partial charge in [-0.1, -0.05) is 32.6 Å². The van der Waals surface area contributed by atoms with E-state index in [-0.39, 0.29) is 5.41 Å². The van der Waals surface area contributed by atoms with Gasteiger partial charge in [0.1, 0.15) is 0 Å². The maximum atomic E-state index is 13.0. The quantitative estimate of drug-likeness (QED) is 0.856. The second-order valence-corrected chi connectivity index (χ2v) is 7.32. The standard InChI is InChI=1S/C17H32N2O/c1-14(2)19(13-15-9-5-8-12-18-15)16(20)17(3)10-6-4-7-11-17/h14-15,18H,4-13H2,1-3H3. The van der Waals surface area contributed by atoms with Crippen molar-refractivity contribution in [3.63, 3.8) is 0 Å². The molecular weight excluding hydrogens is 248 g/mol. The average molecular weight is 280 g/mol. The molecule has 2 rings (SSSR count). The summed E-state index contributed by atoms with van der Waals surface area (Å²) < 4.78 is 0. The molecule has 3 nitrogen and oxygen atoms in total.